The first-order valence-electron chi connectivity index (χ1n) is 7.91. The quantitative estimate of drug-likeness (QED) is 0.804. The molecular formula is C18H21N5O. The monoisotopic (exact) mass is 323 g/mol. The van der Waals surface area contributed by atoms with Crippen LogP contribution in [0.4, 0.5) is 0 Å². The minimum Gasteiger partial charge on any atom is -0.344 e. The van der Waals surface area contributed by atoms with Crippen LogP contribution in [0.5, 0.6) is 0 Å². The summed E-state index contributed by atoms with van der Waals surface area (Å²) in [7, 11) is 1.90. The van der Waals surface area contributed by atoms with Crippen molar-refractivity contribution in [3.05, 3.63) is 52.7 Å². The summed E-state index contributed by atoms with van der Waals surface area (Å²) in [5, 5.41) is 3.01. The van der Waals surface area contributed by atoms with E-state index in [1.54, 1.807) is 12.3 Å². The molecule has 0 fully saturated rings. The second-order valence-corrected chi connectivity index (χ2v) is 6.15. The predicted octanol–water partition coefficient (Wildman–Crippen LogP) is 2.78. The SMILES string of the molecule is Cc1ccnc(C(C)NC(=O)c2cc(C)nc3c2nc(C)n3C)c1. The van der Waals surface area contributed by atoms with Crippen LogP contribution in [0.15, 0.2) is 24.4 Å². The lowest BCUT2D eigenvalue weighted by Crippen LogP contribution is -2.27. The van der Waals surface area contributed by atoms with Crippen LogP contribution < -0.4 is 5.32 Å². The van der Waals surface area contributed by atoms with Gasteiger partial charge in [0.15, 0.2) is 5.65 Å². The van der Waals surface area contributed by atoms with Crippen LogP contribution in [0, 0.1) is 20.8 Å². The highest BCUT2D eigenvalue weighted by molar-refractivity contribution is 6.04. The average molecular weight is 323 g/mol. The molecule has 6 heteroatoms. The molecule has 0 aromatic carbocycles. The summed E-state index contributed by atoms with van der Waals surface area (Å²) in [6.07, 6.45) is 1.75. The van der Waals surface area contributed by atoms with Gasteiger partial charge in [0.05, 0.1) is 17.3 Å². The Hall–Kier alpha value is -2.76. The van der Waals surface area contributed by atoms with E-state index < -0.39 is 0 Å². The van der Waals surface area contributed by atoms with Crippen molar-refractivity contribution in [3.8, 4) is 0 Å². The lowest BCUT2D eigenvalue weighted by Gasteiger charge is -2.14. The Labute approximate surface area is 141 Å². The minimum absolute atomic E-state index is 0.167. The van der Waals surface area contributed by atoms with Gasteiger partial charge in [-0.2, -0.15) is 0 Å². The van der Waals surface area contributed by atoms with E-state index in [2.05, 4.69) is 20.3 Å². The molecule has 24 heavy (non-hydrogen) atoms. The van der Waals surface area contributed by atoms with E-state index in [-0.39, 0.29) is 11.9 Å². The van der Waals surface area contributed by atoms with Crippen LogP contribution in [0.1, 0.15) is 46.1 Å². The lowest BCUT2D eigenvalue weighted by atomic mass is 10.1. The third kappa shape index (κ3) is 2.87. The number of aromatic nitrogens is 4. The molecule has 1 N–H and O–H groups in total. The largest absolute Gasteiger partial charge is 0.344 e. The minimum atomic E-state index is -0.189. The van der Waals surface area contributed by atoms with Gasteiger partial charge < -0.3 is 9.88 Å². The standard InChI is InChI=1S/C18H21N5O/c1-10-6-7-19-15(8-10)12(3)21-18(24)14-9-11(2)20-17-16(14)22-13(4)23(17)5/h6-9,12H,1-5H3,(H,21,24). The molecule has 0 saturated carbocycles. The summed E-state index contributed by atoms with van der Waals surface area (Å²) in [6, 6.07) is 5.50. The summed E-state index contributed by atoms with van der Waals surface area (Å²) in [6.45, 7) is 7.71. The number of nitrogens with zero attached hydrogens (tertiary/aromatic N) is 4. The van der Waals surface area contributed by atoms with Crippen molar-refractivity contribution in [3.63, 3.8) is 0 Å². The zero-order chi connectivity index (χ0) is 17.4. The summed E-state index contributed by atoms with van der Waals surface area (Å²) in [5.74, 6) is 0.657. The first-order chi connectivity index (χ1) is 11.4. The van der Waals surface area contributed by atoms with Crippen molar-refractivity contribution in [1.29, 1.82) is 0 Å². The van der Waals surface area contributed by atoms with E-state index in [4.69, 9.17) is 0 Å². The Morgan fingerprint density at radius 3 is 2.67 bits per heavy atom. The fourth-order valence-electron chi connectivity index (χ4n) is 2.70. The summed E-state index contributed by atoms with van der Waals surface area (Å²) in [5.41, 5.74) is 4.63. The normalized spacial score (nSPS) is 12.4. The second-order valence-electron chi connectivity index (χ2n) is 6.15. The third-order valence-electron chi connectivity index (χ3n) is 4.15. The first kappa shape index (κ1) is 16.1. The number of rotatable bonds is 3. The van der Waals surface area contributed by atoms with Gasteiger partial charge in [-0.1, -0.05) is 0 Å². The molecule has 3 rings (SSSR count). The molecule has 3 aromatic heterocycles. The first-order valence-corrected chi connectivity index (χ1v) is 7.91. The maximum absolute atomic E-state index is 12.8. The fraction of sp³-hybridized carbons (Fsp3) is 0.333. The van der Waals surface area contributed by atoms with Crippen molar-refractivity contribution in [1.82, 2.24) is 24.8 Å². The van der Waals surface area contributed by atoms with Gasteiger partial charge in [-0.15, -0.1) is 0 Å². The van der Waals surface area contributed by atoms with Gasteiger partial charge in [0.25, 0.3) is 5.91 Å². The van der Waals surface area contributed by atoms with E-state index in [9.17, 15) is 4.79 Å². The Kier molecular flexibility index (Phi) is 4.05. The van der Waals surface area contributed by atoms with Crippen molar-refractivity contribution in [2.45, 2.75) is 33.7 Å². The molecule has 3 aromatic rings. The molecule has 0 spiro atoms. The number of pyridine rings is 2. The zero-order valence-corrected chi connectivity index (χ0v) is 14.6. The van der Waals surface area contributed by atoms with Gasteiger partial charge in [0.2, 0.25) is 0 Å². The van der Waals surface area contributed by atoms with Crippen LogP contribution in [-0.4, -0.2) is 25.4 Å². The van der Waals surface area contributed by atoms with E-state index >= 15 is 0 Å². The highest BCUT2D eigenvalue weighted by atomic mass is 16.1. The number of hydrogen-bond acceptors (Lipinski definition) is 4. The molecule has 6 nitrogen and oxygen atoms in total. The number of hydrogen-bond donors (Lipinski definition) is 1. The highest BCUT2D eigenvalue weighted by Gasteiger charge is 2.19. The number of fused-ring (bicyclic) bond motifs is 1. The van der Waals surface area contributed by atoms with E-state index in [1.165, 1.54) is 0 Å². The number of carbonyl (C=O) groups excluding carboxylic acids is 1. The van der Waals surface area contributed by atoms with Crippen LogP contribution in [0.25, 0.3) is 11.2 Å². The zero-order valence-electron chi connectivity index (χ0n) is 14.6. The molecule has 124 valence electrons. The Morgan fingerprint density at radius 1 is 1.21 bits per heavy atom. The number of carbonyl (C=O) groups is 1. The van der Waals surface area contributed by atoms with E-state index in [0.717, 1.165) is 28.4 Å². The molecule has 1 unspecified atom stereocenters. The van der Waals surface area contributed by atoms with Crippen LogP contribution in [0.2, 0.25) is 0 Å². The Bertz CT molecular complexity index is 929. The van der Waals surface area contributed by atoms with Gasteiger partial charge >= 0.3 is 0 Å². The lowest BCUT2D eigenvalue weighted by molar-refractivity contribution is 0.0940. The second kappa shape index (κ2) is 6.03. The average Bonchev–Trinajstić information content (AvgIpc) is 2.82. The molecule has 3 heterocycles. The van der Waals surface area contributed by atoms with Gasteiger partial charge in [0, 0.05) is 18.9 Å². The smallest absolute Gasteiger partial charge is 0.254 e. The van der Waals surface area contributed by atoms with E-state index in [1.807, 2.05) is 51.4 Å². The molecule has 1 amide bonds. The molecule has 0 radical (unpaired) electrons. The van der Waals surface area contributed by atoms with Crippen LogP contribution in [0.3, 0.4) is 0 Å². The molecular weight excluding hydrogens is 302 g/mol. The number of nitrogens with one attached hydrogen (secondary N) is 1. The summed E-state index contributed by atoms with van der Waals surface area (Å²) in [4.78, 5) is 26.1. The van der Waals surface area contributed by atoms with Crippen molar-refractivity contribution < 1.29 is 4.79 Å². The van der Waals surface area contributed by atoms with Gasteiger partial charge in [0.1, 0.15) is 11.3 Å². The van der Waals surface area contributed by atoms with Crippen LogP contribution in [-0.2, 0) is 7.05 Å². The molecule has 0 bridgehead atoms. The molecule has 0 aliphatic heterocycles. The number of imidazole rings is 1. The molecule has 0 aliphatic rings. The van der Waals surface area contributed by atoms with Crippen molar-refractivity contribution >= 4 is 17.1 Å². The summed E-state index contributed by atoms with van der Waals surface area (Å²) < 4.78 is 1.89. The molecule has 0 saturated heterocycles. The van der Waals surface area contributed by atoms with Crippen LogP contribution >= 0.6 is 0 Å². The van der Waals surface area contributed by atoms with Crippen molar-refractivity contribution in [2.24, 2.45) is 7.05 Å². The Balaban J connectivity index is 1.95. The maximum Gasteiger partial charge on any atom is 0.254 e. The topological polar surface area (TPSA) is 72.7 Å². The fourth-order valence-corrected chi connectivity index (χ4v) is 2.70. The molecule has 0 aliphatic carbocycles. The third-order valence-corrected chi connectivity index (χ3v) is 4.15. The highest BCUT2D eigenvalue weighted by Crippen LogP contribution is 2.20. The predicted molar refractivity (Wildman–Crippen MR) is 92.8 cm³/mol. The number of amides is 1. The Morgan fingerprint density at radius 2 is 1.96 bits per heavy atom. The van der Waals surface area contributed by atoms with Gasteiger partial charge in [-0.25, -0.2) is 9.97 Å². The van der Waals surface area contributed by atoms with Gasteiger partial charge in [-0.3, -0.25) is 9.78 Å². The maximum atomic E-state index is 12.8. The number of aryl methyl sites for hydroxylation is 4. The summed E-state index contributed by atoms with van der Waals surface area (Å²) >= 11 is 0. The van der Waals surface area contributed by atoms with E-state index in [0.29, 0.717) is 11.1 Å². The van der Waals surface area contributed by atoms with Crippen molar-refractivity contribution in [2.75, 3.05) is 0 Å². The molecule has 1 atom stereocenters. The van der Waals surface area contributed by atoms with Gasteiger partial charge in [-0.05, 0) is 51.5 Å².